The lowest BCUT2D eigenvalue weighted by Crippen LogP contribution is -2.28. The second kappa shape index (κ2) is 6.28. The van der Waals surface area contributed by atoms with Gasteiger partial charge in [0, 0.05) is 18.7 Å². The van der Waals surface area contributed by atoms with Gasteiger partial charge in [-0.15, -0.1) is 0 Å². The highest BCUT2D eigenvalue weighted by Crippen LogP contribution is 2.12. The van der Waals surface area contributed by atoms with Gasteiger partial charge in [0.2, 0.25) is 5.95 Å². The summed E-state index contributed by atoms with van der Waals surface area (Å²) in [6.45, 7) is 1.20. The summed E-state index contributed by atoms with van der Waals surface area (Å²) in [5.41, 5.74) is 6.50. The number of aromatic nitrogens is 2. The summed E-state index contributed by atoms with van der Waals surface area (Å²) < 4.78 is 5.14. The Balaban J connectivity index is 2.14. The molecule has 2 aromatic rings. The molecule has 0 aliphatic heterocycles. The third-order valence-corrected chi connectivity index (χ3v) is 2.71. The summed E-state index contributed by atoms with van der Waals surface area (Å²) >= 11 is 0. The van der Waals surface area contributed by atoms with Gasteiger partial charge in [-0.05, 0) is 19.0 Å². The van der Waals surface area contributed by atoms with E-state index in [0.29, 0.717) is 19.1 Å². The van der Waals surface area contributed by atoms with Crippen molar-refractivity contribution in [2.75, 3.05) is 25.6 Å². The fourth-order valence-corrected chi connectivity index (χ4v) is 1.82. The number of fused-ring (bicyclic) bond motifs is 1. The first-order valence-corrected chi connectivity index (χ1v) is 6.01. The van der Waals surface area contributed by atoms with E-state index in [-0.39, 0.29) is 6.04 Å². The number of hydrogen-bond donors (Lipinski definition) is 2. The molecule has 0 aliphatic rings. The molecule has 5 heteroatoms. The molecular weight excluding hydrogens is 228 g/mol. The molecule has 1 atom stereocenters. The molecule has 5 nitrogen and oxygen atoms in total. The minimum Gasteiger partial charge on any atom is -0.383 e. The van der Waals surface area contributed by atoms with E-state index in [4.69, 9.17) is 10.5 Å². The number of methoxy groups -OCH3 is 1. The Morgan fingerprint density at radius 2 is 2.22 bits per heavy atom. The van der Waals surface area contributed by atoms with E-state index in [9.17, 15) is 0 Å². The fourth-order valence-electron chi connectivity index (χ4n) is 1.82. The number of ether oxygens (including phenoxy) is 1. The Kier molecular flexibility index (Phi) is 4.44. The molecule has 0 amide bonds. The Labute approximate surface area is 106 Å². The first-order valence-electron chi connectivity index (χ1n) is 6.01. The monoisotopic (exact) mass is 246 g/mol. The van der Waals surface area contributed by atoms with Crippen LogP contribution >= 0.6 is 0 Å². The normalized spacial score (nSPS) is 12.6. The standard InChI is InChI=1S/C13H18N4O/c1-18-9-11(6-7-14)16-13-15-8-10-4-2-3-5-12(10)17-13/h2-5,8,11H,6-7,9,14H2,1H3,(H,15,16,17). The molecule has 96 valence electrons. The molecule has 0 aliphatic carbocycles. The van der Waals surface area contributed by atoms with Crippen molar-refractivity contribution in [2.24, 2.45) is 5.73 Å². The van der Waals surface area contributed by atoms with E-state index in [0.717, 1.165) is 17.3 Å². The van der Waals surface area contributed by atoms with Gasteiger partial charge >= 0.3 is 0 Å². The summed E-state index contributed by atoms with van der Waals surface area (Å²) in [7, 11) is 1.67. The minimum atomic E-state index is 0.140. The van der Waals surface area contributed by atoms with Crippen LogP contribution in [0.2, 0.25) is 0 Å². The van der Waals surface area contributed by atoms with E-state index in [1.165, 1.54) is 0 Å². The number of anilines is 1. The predicted molar refractivity (Wildman–Crippen MR) is 72.5 cm³/mol. The van der Waals surface area contributed by atoms with Crippen LogP contribution in [0.15, 0.2) is 30.5 Å². The Morgan fingerprint density at radius 3 is 3.00 bits per heavy atom. The van der Waals surface area contributed by atoms with Crippen molar-refractivity contribution in [1.82, 2.24) is 9.97 Å². The van der Waals surface area contributed by atoms with Crippen LogP contribution in [0.25, 0.3) is 10.9 Å². The van der Waals surface area contributed by atoms with Crippen molar-refractivity contribution in [2.45, 2.75) is 12.5 Å². The van der Waals surface area contributed by atoms with Crippen LogP contribution in [0, 0.1) is 0 Å². The molecule has 2 rings (SSSR count). The lowest BCUT2D eigenvalue weighted by molar-refractivity contribution is 0.183. The summed E-state index contributed by atoms with van der Waals surface area (Å²) in [6, 6.07) is 8.04. The SMILES string of the molecule is COCC(CCN)Nc1ncc2ccccc2n1. The molecule has 1 aromatic carbocycles. The van der Waals surface area contributed by atoms with Crippen molar-refractivity contribution in [3.8, 4) is 0 Å². The van der Waals surface area contributed by atoms with Crippen LogP contribution in [-0.2, 0) is 4.74 Å². The maximum atomic E-state index is 5.57. The summed E-state index contributed by atoms with van der Waals surface area (Å²) in [5, 5.41) is 4.28. The van der Waals surface area contributed by atoms with Crippen LogP contribution in [0.3, 0.4) is 0 Å². The van der Waals surface area contributed by atoms with Crippen LogP contribution in [0.1, 0.15) is 6.42 Å². The van der Waals surface area contributed by atoms with Gasteiger partial charge in [-0.25, -0.2) is 9.97 Å². The lowest BCUT2D eigenvalue weighted by Gasteiger charge is -2.16. The molecule has 0 bridgehead atoms. The van der Waals surface area contributed by atoms with E-state index in [1.807, 2.05) is 30.5 Å². The largest absolute Gasteiger partial charge is 0.383 e. The topological polar surface area (TPSA) is 73.1 Å². The zero-order valence-corrected chi connectivity index (χ0v) is 10.5. The molecular formula is C13H18N4O. The maximum absolute atomic E-state index is 5.57. The van der Waals surface area contributed by atoms with Crippen LogP contribution in [0.5, 0.6) is 0 Å². The molecule has 1 aromatic heterocycles. The molecule has 0 spiro atoms. The van der Waals surface area contributed by atoms with E-state index in [2.05, 4.69) is 15.3 Å². The van der Waals surface area contributed by atoms with Gasteiger partial charge < -0.3 is 15.8 Å². The number of benzene rings is 1. The number of nitrogens with one attached hydrogen (secondary N) is 1. The van der Waals surface area contributed by atoms with E-state index < -0.39 is 0 Å². The average molecular weight is 246 g/mol. The van der Waals surface area contributed by atoms with Gasteiger partial charge in [0.15, 0.2) is 0 Å². The van der Waals surface area contributed by atoms with Gasteiger partial charge in [0.25, 0.3) is 0 Å². The fraction of sp³-hybridized carbons (Fsp3) is 0.385. The van der Waals surface area contributed by atoms with Crippen molar-refractivity contribution in [3.63, 3.8) is 0 Å². The number of rotatable bonds is 6. The quantitative estimate of drug-likeness (QED) is 0.806. The Hall–Kier alpha value is -1.72. The smallest absolute Gasteiger partial charge is 0.223 e. The highest BCUT2D eigenvalue weighted by Gasteiger charge is 2.09. The zero-order chi connectivity index (χ0) is 12.8. The summed E-state index contributed by atoms with van der Waals surface area (Å²) in [4.78, 5) is 8.75. The van der Waals surface area contributed by atoms with E-state index >= 15 is 0 Å². The number of nitrogens with zero attached hydrogens (tertiary/aromatic N) is 2. The third kappa shape index (κ3) is 3.15. The second-order valence-corrected chi connectivity index (χ2v) is 4.13. The number of hydrogen-bond acceptors (Lipinski definition) is 5. The third-order valence-electron chi connectivity index (χ3n) is 2.71. The molecule has 18 heavy (non-hydrogen) atoms. The van der Waals surface area contributed by atoms with Gasteiger partial charge in [-0.2, -0.15) is 0 Å². The van der Waals surface area contributed by atoms with Gasteiger partial charge in [0.1, 0.15) is 0 Å². The summed E-state index contributed by atoms with van der Waals surface area (Å²) in [5.74, 6) is 0.615. The highest BCUT2D eigenvalue weighted by atomic mass is 16.5. The molecule has 1 unspecified atom stereocenters. The van der Waals surface area contributed by atoms with Crippen molar-refractivity contribution < 1.29 is 4.74 Å². The molecule has 3 N–H and O–H groups in total. The number of nitrogens with two attached hydrogens (primary N) is 1. The first-order chi connectivity index (χ1) is 8.83. The van der Waals surface area contributed by atoms with Crippen molar-refractivity contribution in [3.05, 3.63) is 30.5 Å². The van der Waals surface area contributed by atoms with Crippen molar-refractivity contribution in [1.29, 1.82) is 0 Å². The van der Waals surface area contributed by atoms with Crippen LogP contribution in [-0.4, -0.2) is 36.3 Å². The maximum Gasteiger partial charge on any atom is 0.223 e. The second-order valence-electron chi connectivity index (χ2n) is 4.13. The highest BCUT2D eigenvalue weighted by molar-refractivity contribution is 5.78. The molecule has 0 radical (unpaired) electrons. The molecule has 0 fully saturated rings. The first kappa shape index (κ1) is 12.7. The van der Waals surface area contributed by atoms with Crippen molar-refractivity contribution >= 4 is 16.9 Å². The van der Waals surface area contributed by atoms with Gasteiger partial charge in [0.05, 0.1) is 18.2 Å². The van der Waals surface area contributed by atoms with Gasteiger partial charge in [-0.3, -0.25) is 0 Å². The Bertz CT molecular complexity index is 497. The van der Waals surface area contributed by atoms with E-state index in [1.54, 1.807) is 7.11 Å². The van der Waals surface area contributed by atoms with Gasteiger partial charge in [-0.1, -0.05) is 18.2 Å². The minimum absolute atomic E-state index is 0.140. The number of para-hydroxylation sites is 1. The predicted octanol–water partition coefficient (Wildman–Crippen LogP) is 1.41. The average Bonchev–Trinajstić information content (AvgIpc) is 2.39. The molecule has 1 heterocycles. The Morgan fingerprint density at radius 1 is 1.39 bits per heavy atom. The molecule has 0 saturated heterocycles. The summed E-state index contributed by atoms with van der Waals surface area (Å²) in [6.07, 6.45) is 2.64. The van der Waals surface area contributed by atoms with Crippen LogP contribution < -0.4 is 11.1 Å². The van der Waals surface area contributed by atoms with Crippen LogP contribution in [0.4, 0.5) is 5.95 Å². The lowest BCUT2D eigenvalue weighted by atomic mass is 10.2. The zero-order valence-electron chi connectivity index (χ0n) is 10.5. The molecule has 0 saturated carbocycles.